The van der Waals surface area contributed by atoms with Crippen LogP contribution < -0.4 is 10.2 Å². The SMILES string of the molecule is CCNc1cc(N2CCCC(C(C)C)CC2)nc(CC)n1. The highest BCUT2D eigenvalue weighted by atomic mass is 15.2. The standard InChI is InChI=1S/C17H30N4/c1-5-15-19-16(18-6-2)12-17(20-15)21-10-7-8-14(9-11-21)13(3)4/h12-14H,5-11H2,1-4H3,(H,18,19,20). The average Bonchev–Trinajstić information content (AvgIpc) is 2.73. The highest BCUT2D eigenvalue weighted by molar-refractivity contribution is 5.49. The lowest BCUT2D eigenvalue weighted by Crippen LogP contribution is -2.26. The molecule has 1 aromatic rings. The van der Waals surface area contributed by atoms with Gasteiger partial charge >= 0.3 is 0 Å². The van der Waals surface area contributed by atoms with Gasteiger partial charge in [0.2, 0.25) is 0 Å². The van der Waals surface area contributed by atoms with E-state index in [1.54, 1.807) is 0 Å². The van der Waals surface area contributed by atoms with Gasteiger partial charge in [0.05, 0.1) is 0 Å². The van der Waals surface area contributed by atoms with E-state index in [-0.39, 0.29) is 0 Å². The molecule has 0 saturated carbocycles. The summed E-state index contributed by atoms with van der Waals surface area (Å²) in [5.41, 5.74) is 0. The highest BCUT2D eigenvalue weighted by Crippen LogP contribution is 2.27. The van der Waals surface area contributed by atoms with Gasteiger partial charge in [-0.1, -0.05) is 20.8 Å². The molecule has 0 aromatic carbocycles. The third-order valence-corrected chi connectivity index (χ3v) is 4.47. The van der Waals surface area contributed by atoms with E-state index in [1.165, 1.54) is 19.3 Å². The van der Waals surface area contributed by atoms with Crippen LogP contribution >= 0.6 is 0 Å². The molecular formula is C17H30N4. The smallest absolute Gasteiger partial charge is 0.134 e. The fraction of sp³-hybridized carbons (Fsp3) is 0.765. The quantitative estimate of drug-likeness (QED) is 0.897. The van der Waals surface area contributed by atoms with Crippen molar-refractivity contribution >= 4 is 11.6 Å². The predicted molar refractivity (Wildman–Crippen MR) is 90.0 cm³/mol. The molecule has 1 atom stereocenters. The summed E-state index contributed by atoms with van der Waals surface area (Å²) in [4.78, 5) is 11.7. The Bertz CT molecular complexity index is 444. The summed E-state index contributed by atoms with van der Waals surface area (Å²) >= 11 is 0. The molecule has 0 amide bonds. The minimum Gasteiger partial charge on any atom is -0.370 e. The van der Waals surface area contributed by atoms with Crippen molar-refractivity contribution in [2.75, 3.05) is 29.9 Å². The Labute approximate surface area is 129 Å². The van der Waals surface area contributed by atoms with Gasteiger partial charge in [-0.05, 0) is 38.0 Å². The van der Waals surface area contributed by atoms with Crippen molar-refractivity contribution in [1.29, 1.82) is 0 Å². The molecule has 1 unspecified atom stereocenters. The Morgan fingerprint density at radius 1 is 1.24 bits per heavy atom. The minimum absolute atomic E-state index is 0.791. The number of hydrogen-bond acceptors (Lipinski definition) is 4. The Hall–Kier alpha value is -1.32. The predicted octanol–water partition coefficient (Wildman–Crippen LogP) is 3.73. The van der Waals surface area contributed by atoms with Crippen LogP contribution in [0.5, 0.6) is 0 Å². The lowest BCUT2D eigenvalue weighted by molar-refractivity contribution is 0.351. The van der Waals surface area contributed by atoms with Crippen LogP contribution in [-0.4, -0.2) is 29.6 Å². The Morgan fingerprint density at radius 3 is 2.71 bits per heavy atom. The van der Waals surface area contributed by atoms with E-state index in [4.69, 9.17) is 4.98 Å². The van der Waals surface area contributed by atoms with Crippen LogP contribution in [0.15, 0.2) is 6.07 Å². The molecule has 0 spiro atoms. The van der Waals surface area contributed by atoms with Gasteiger partial charge in [-0.15, -0.1) is 0 Å². The zero-order chi connectivity index (χ0) is 15.2. The van der Waals surface area contributed by atoms with Crippen molar-refractivity contribution < 1.29 is 0 Å². The molecule has 4 nitrogen and oxygen atoms in total. The fourth-order valence-electron chi connectivity index (χ4n) is 3.09. The van der Waals surface area contributed by atoms with E-state index in [2.05, 4.69) is 49.0 Å². The van der Waals surface area contributed by atoms with Gasteiger partial charge in [0, 0.05) is 32.1 Å². The van der Waals surface area contributed by atoms with Gasteiger partial charge in [0.1, 0.15) is 17.5 Å². The highest BCUT2D eigenvalue weighted by Gasteiger charge is 2.20. The molecule has 2 heterocycles. The van der Waals surface area contributed by atoms with Gasteiger partial charge in [-0.2, -0.15) is 0 Å². The zero-order valence-corrected chi connectivity index (χ0v) is 14.0. The zero-order valence-electron chi connectivity index (χ0n) is 14.0. The average molecular weight is 290 g/mol. The maximum Gasteiger partial charge on any atom is 0.134 e. The van der Waals surface area contributed by atoms with Crippen LogP contribution in [0.2, 0.25) is 0 Å². The summed E-state index contributed by atoms with van der Waals surface area (Å²) in [6.45, 7) is 12.1. The number of rotatable bonds is 5. The first-order valence-corrected chi connectivity index (χ1v) is 8.50. The van der Waals surface area contributed by atoms with Crippen molar-refractivity contribution in [3.05, 3.63) is 11.9 Å². The number of anilines is 2. The summed E-state index contributed by atoms with van der Waals surface area (Å²) < 4.78 is 0. The van der Waals surface area contributed by atoms with Crippen molar-refractivity contribution in [3.63, 3.8) is 0 Å². The molecular weight excluding hydrogens is 260 g/mol. The lowest BCUT2D eigenvalue weighted by atomic mass is 9.89. The van der Waals surface area contributed by atoms with E-state index in [0.717, 1.165) is 55.4 Å². The van der Waals surface area contributed by atoms with Gasteiger partial charge < -0.3 is 10.2 Å². The van der Waals surface area contributed by atoms with Crippen LogP contribution in [0.1, 0.15) is 52.8 Å². The molecule has 0 aliphatic carbocycles. The molecule has 1 saturated heterocycles. The second-order valence-corrected chi connectivity index (χ2v) is 6.33. The summed E-state index contributed by atoms with van der Waals surface area (Å²) in [6.07, 6.45) is 4.78. The number of nitrogens with one attached hydrogen (secondary N) is 1. The third kappa shape index (κ3) is 4.32. The molecule has 118 valence electrons. The molecule has 1 N–H and O–H groups in total. The lowest BCUT2D eigenvalue weighted by Gasteiger charge is -2.23. The number of aromatic nitrogens is 2. The molecule has 1 aliphatic rings. The van der Waals surface area contributed by atoms with E-state index >= 15 is 0 Å². The van der Waals surface area contributed by atoms with E-state index in [0.29, 0.717) is 0 Å². The second-order valence-electron chi connectivity index (χ2n) is 6.33. The Kier molecular flexibility index (Phi) is 5.83. The van der Waals surface area contributed by atoms with E-state index < -0.39 is 0 Å². The molecule has 4 heteroatoms. The summed E-state index contributed by atoms with van der Waals surface area (Å²) in [5, 5.41) is 3.33. The van der Waals surface area contributed by atoms with Gasteiger partial charge in [0.15, 0.2) is 0 Å². The number of nitrogens with zero attached hydrogens (tertiary/aromatic N) is 3. The van der Waals surface area contributed by atoms with Crippen molar-refractivity contribution in [1.82, 2.24) is 9.97 Å². The molecule has 0 bridgehead atoms. The first-order valence-electron chi connectivity index (χ1n) is 8.50. The minimum atomic E-state index is 0.791. The topological polar surface area (TPSA) is 41.0 Å². The molecule has 1 aliphatic heterocycles. The van der Waals surface area contributed by atoms with E-state index in [1.807, 2.05) is 0 Å². The molecule has 2 rings (SSSR count). The molecule has 0 radical (unpaired) electrons. The van der Waals surface area contributed by atoms with Crippen molar-refractivity contribution in [3.8, 4) is 0 Å². The number of aryl methyl sites for hydroxylation is 1. The van der Waals surface area contributed by atoms with Gasteiger partial charge in [-0.3, -0.25) is 0 Å². The molecule has 21 heavy (non-hydrogen) atoms. The van der Waals surface area contributed by atoms with Gasteiger partial charge in [-0.25, -0.2) is 9.97 Å². The Morgan fingerprint density at radius 2 is 2.05 bits per heavy atom. The first-order chi connectivity index (χ1) is 10.1. The van der Waals surface area contributed by atoms with Crippen LogP contribution in [0.3, 0.4) is 0 Å². The van der Waals surface area contributed by atoms with Gasteiger partial charge in [0.25, 0.3) is 0 Å². The second kappa shape index (κ2) is 7.62. The normalized spacial score (nSPS) is 19.7. The first kappa shape index (κ1) is 16.1. The summed E-state index contributed by atoms with van der Waals surface area (Å²) in [7, 11) is 0. The number of hydrogen-bond donors (Lipinski definition) is 1. The van der Waals surface area contributed by atoms with E-state index in [9.17, 15) is 0 Å². The Balaban J connectivity index is 2.14. The summed E-state index contributed by atoms with van der Waals surface area (Å²) in [6, 6.07) is 2.11. The largest absolute Gasteiger partial charge is 0.370 e. The maximum absolute atomic E-state index is 4.74. The van der Waals surface area contributed by atoms with Crippen molar-refractivity contribution in [2.45, 2.75) is 53.4 Å². The van der Waals surface area contributed by atoms with Crippen LogP contribution in [0.4, 0.5) is 11.6 Å². The summed E-state index contributed by atoms with van der Waals surface area (Å²) in [5.74, 6) is 4.65. The monoisotopic (exact) mass is 290 g/mol. The molecule has 1 aromatic heterocycles. The fourth-order valence-corrected chi connectivity index (χ4v) is 3.09. The van der Waals surface area contributed by atoms with Crippen LogP contribution in [-0.2, 0) is 6.42 Å². The van der Waals surface area contributed by atoms with Crippen molar-refractivity contribution in [2.24, 2.45) is 11.8 Å². The van der Waals surface area contributed by atoms with Crippen LogP contribution in [0.25, 0.3) is 0 Å². The third-order valence-electron chi connectivity index (χ3n) is 4.47. The molecule has 1 fully saturated rings. The maximum atomic E-state index is 4.74. The van der Waals surface area contributed by atoms with Crippen LogP contribution in [0, 0.1) is 11.8 Å².